The van der Waals surface area contributed by atoms with E-state index in [0.29, 0.717) is 48.0 Å². The molecule has 14 heteroatoms. The van der Waals surface area contributed by atoms with Crippen molar-refractivity contribution in [2.45, 2.75) is 114 Å². The molecule has 1 saturated carbocycles. The van der Waals surface area contributed by atoms with Crippen molar-refractivity contribution in [1.82, 2.24) is 20.0 Å². The molecule has 0 bridgehead atoms. The third-order valence-corrected chi connectivity index (χ3v) is 12.4. The van der Waals surface area contributed by atoms with E-state index < -0.39 is 11.0 Å². The number of ether oxygens (including phenoxy) is 1. The summed E-state index contributed by atoms with van der Waals surface area (Å²) in [7, 11) is 0. The lowest BCUT2D eigenvalue weighted by molar-refractivity contribution is -0.134. The number of thiol groups is 1. The Morgan fingerprint density at radius 1 is 1.04 bits per heavy atom. The van der Waals surface area contributed by atoms with Gasteiger partial charge in [0.15, 0.2) is 0 Å². The summed E-state index contributed by atoms with van der Waals surface area (Å²) >= 11 is 11.2. The van der Waals surface area contributed by atoms with Crippen LogP contribution in [0, 0.1) is 11.3 Å². The number of anilines is 2. The van der Waals surface area contributed by atoms with Crippen molar-refractivity contribution >= 4 is 59.2 Å². The van der Waals surface area contributed by atoms with Crippen LogP contribution in [-0.4, -0.2) is 106 Å². The highest BCUT2D eigenvalue weighted by atomic mass is 35.5. The first-order valence-corrected chi connectivity index (χ1v) is 20.0. The van der Waals surface area contributed by atoms with Gasteiger partial charge in [0.2, 0.25) is 23.6 Å². The second-order valence-electron chi connectivity index (χ2n) is 15.7. The van der Waals surface area contributed by atoms with Gasteiger partial charge in [-0.05, 0) is 102 Å². The van der Waals surface area contributed by atoms with Gasteiger partial charge in [-0.2, -0.15) is 5.26 Å². The predicted octanol–water partition coefficient (Wildman–Crippen LogP) is 5.12. The zero-order valence-corrected chi connectivity index (χ0v) is 33.2. The number of imide groups is 1. The lowest BCUT2D eigenvalue weighted by Crippen LogP contribution is -2.58. The molecule has 0 radical (unpaired) electrons. The summed E-state index contributed by atoms with van der Waals surface area (Å²) in [5.74, 6) is -0.963. The Morgan fingerprint density at radius 2 is 1.72 bits per heavy atom. The van der Waals surface area contributed by atoms with Crippen LogP contribution in [0.15, 0.2) is 42.5 Å². The number of amides is 4. The lowest BCUT2D eigenvalue weighted by atomic mass is 9.89. The van der Waals surface area contributed by atoms with Crippen molar-refractivity contribution in [3.63, 3.8) is 0 Å². The summed E-state index contributed by atoms with van der Waals surface area (Å²) in [6, 6.07) is 15.1. The van der Waals surface area contributed by atoms with Crippen molar-refractivity contribution in [2.24, 2.45) is 0 Å². The minimum absolute atomic E-state index is 0.0370. The summed E-state index contributed by atoms with van der Waals surface area (Å²) in [6.07, 6.45) is 5.62. The maximum Gasteiger partial charge on any atom is 0.249 e. The number of nitrogens with one attached hydrogen (secondary N) is 2. The lowest BCUT2D eigenvalue weighted by Gasteiger charge is -2.44. The van der Waals surface area contributed by atoms with E-state index in [4.69, 9.17) is 29.0 Å². The quantitative estimate of drug-likeness (QED) is 0.161. The molecule has 0 spiro atoms. The number of rotatable bonds is 11. The van der Waals surface area contributed by atoms with Gasteiger partial charge in [-0.25, -0.2) is 0 Å². The molecule has 2 aromatic carbocycles. The Kier molecular flexibility index (Phi) is 12.7. The first-order chi connectivity index (χ1) is 25.8. The summed E-state index contributed by atoms with van der Waals surface area (Å²) in [5, 5.41) is 15.0. The number of piperidine rings is 1. The topological polar surface area (TPSA) is 138 Å². The van der Waals surface area contributed by atoms with E-state index in [0.717, 1.165) is 57.3 Å². The monoisotopic (exact) mass is 777 g/mol. The van der Waals surface area contributed by atoms with E-state index in [-0.39, 0.29) is 53.8 Å². The highest BCUT2D eigenvalue weighted by Crippen LogP contribution is 2.42. The predicted molar refractivity (Wildman–Crippen MR) is 211 cm³/mol. The van der Waals surface area contributed by atoms with Crippen LogP contribution in [0.2, 0.25) is 5.02 Å². The number of benzene rings is 2. The molecular formula is C40H52ClN7O5S. The number of nitriles is 1. The SMILES string of the molecule is C[C@@H]1CN(CCCOC2CCC(N3C(S)N(c4ccc(C#N)c(Cl)c4)C(=O)C3(C)C)CC2)C[C@H](C)N1CC(=O)Nc1ccc(C2CCC(=O)NC2=O)cc1. The average molecular weight is 778 g/mol. The van der Waals surface area contributed by atoms with Crippen LogP contribution < -0.4 is 15.5 Å². The third-order valence-electron chi connectivity index (χ3n) is 11.6. The minimum Gasteiger partial charge on any atom is -0.378 e. The van der Waals surface area contributed by atoms with Crippen LogP contribution >= 0.6 is 24.2 Å². The number of carbonyl (C=O) groups excluding carboxylic acids is 4. The van der Waals surface area contributed by atoms with Crippen LogP contribution in [0.4, 0.5) is 11.4 Å². The zero-order valence-electron chi connectivity index (χ0n) is 31.6. The molecule has 2 unspecified atom stereocenters. The highest BCUT2D eigenvalue weighted by molar-refractivity contribution is 7.81. The molecule has 0 aromatic heterocycles. The summed E-state index contributed by atoms with van der Waals surface area (Å²) < 4.78 is 6.37. The maximum absolute atomic E-state index is 13.6. The Morgan fingerprint density at radius 3 is 2.35 bits per heavy atom. The molecule has 3 aliphatic heterocycles. The van der Waals surface area contributed by atoms with E-state index in [2.05, 4.69) is 45.3 Å². The Labute approximate surface area is 328 Å². The van der Waals surface area contributed by atoms with Crippen molar-refractivity contribution in [1.29, 1.82) is 5.26 Å². The van der Waals surface area contributed by atoms with Gasteiger partial charge in [-0.1, -0.05) is 23.7 Å². The van der Waals surface area contributed by atoms with Crippen LogP contribution in [-0.2, 0) is 23.9 Å². The second-order valence-corrected chi connectivity index (χ2v) is 16.6. The Hall–Kier alpha value is -3.51. The molecular weight excluding hydrogens is 726 g/mol. The fourth-order valence-corrected chi connectivity index (χ4v) is 9.66. The fraction of sp³-hybridized carbons (Fsp3) is 0.575. The third kappa shape index (κ3) is 8.80. The molecule has 4 atom stereocenters. The van der Waals surface area contributed by atoms with Crippen LogP contribution in [0.5, 0.6) is 0 Å². The fourth-order valence-electron chi connectivity index (χ4n) is 8.73. The number of halogens is 1. The molecule has 4 fully saturated rings. The van der Waals surface area contributed by atoms with Crippen molar-refractivity contribution in [3.8, 4) is 6.07 Å². The second kappa shape index (κ2) is 17.1. The molecule has 2 N–H and O–H groups in total. The van der Waals surface area contributed by atoms with E-state index in [1.165, 1.54) is 0 Å². The first kappa shape index (κ1) is 40.2. The summed E-state index contributed by atoms with van der Waals surface area (Å²) in [4.78, 5) is 59.0. The largest absolute Gasteiger partial charge is 0.378 e. The van der Waals surface area contributed by atoms with Crippen molar-refractivity contribution in [3.05, 3.63) is 58.6 Å². The summed E-state index contributed by atoms with van der Waals surface area (Å²) in [6.45, 7) is 11.9. The molecule has 3 heterocycles. The van der Waals surface area contributed by atoms with Gasteiger partial charge in [0.1, 0.15) is 11.6 Å². The van der Waals surface area contributed by atoms with Gasteiger partial charge >= 0.3 is 0 Å². The number of hydrogen-bond donors (Lipinski definition) is 3. The van der Waals surface area contributed by atoms with E-state index in [9.17, 15) is 24.4 Å². The number of piperazine rings is 1. The van der Waals surface area contributed by atoms with Crippen LogP contribution in [0.1, 0.15) is 89.7 Å². The molecule has 290 valence electrons. The molecule has 4 amide bonds. The standard InChI is InChI=1S/C40H52ClN7O5S/c1-25-22-45(23-26(2)46(25)24-36(50)43-29-9-6-27(7-10-29)33-16-17-35(49)44-37(33)51)18-5-19-53-32-14-12-30(13-15-32)48-39(54)47(38(52)40(48,3)4)31-11-8-28(21-42)34(41)20-31/h6-11,20,25-26,30,32-33,39,54H,5,12-19,22-24H2,1-4H3,(H,43,50)(H,44,49,51)/t25-,26+,30?,32?,33?,39?. The molecule has 6 rings (SSSR count). The van der Waals surface area contributed by atoms with Gasteiger partial charge in [-0.15, -0.1) is 12.6 Å². The Balaban J connectivity index is 0.901. The number of nitrogens with zero attached hydrogens (tertiary/aromatic N) is 5. The van der Waals surface area contributed by atoms with Crippen LogP contribution in [0.3, 0.4) is 0 Å². The Bertz CT molecular complexity index is 1750. The molecule has 4 aliphatic rings. The van der Waals surface area contributed by atoms with Crippen LogP contribution in [0.25, 0.3) is 0 Å². The van der Waals surface area contributed by atoms with E-state index in [1.807, 2.05) is 38.1 Å². The first-order valence-electron chi connectivity index (χ1n) is 19.1. The average Bonchev–Trinajstić information content (AvgIpc) is 3.31. The van der Waals surface area contributed by atoms with Crippen molar-refractivity contribution < 1.29 is 23.9 Å². The molecule has 3 saturated heterocycles. The highest BCUT2D eigenvalue weighted by Gasteiger charge is 2.54. The van der Waals surface area contributed by atoms with E-state index in [1.54, 1.807) is 23.1 Å². The van der Waals surface area contributed by atoms with Gasteiger partial charge in [0.05, 0.1) is 34.7 Å². The minimum atomic E-state index is -0.736. The van der Waals surface area contributed by atoms with Gasteiger partial charge < -0.3 is 15.0 Å². The molecule has 54 heavy (non-hydrogen) atoms. The molecule has 2 aromatic rings. The molecule has 1 aliphatic carbocycles. The van der Waals surface area contributed by atoms with Gasteiger partial charge in [0, 0.05) is 62.2 Å². The number of hydrogen-bond acceptors (Lipinski definition) is 10. The van der Waals surface area contributed by atoms with Gasteiger partial charge in [0.25, 0.3) is 0 Å². The smallest absolute Gasteiger partial charge is 0.249 e. The number of carbonyl (C=O) groups is 4. The van der Waals surface area contributed by atoms with Gasteiger partial charge in [-0.3, -0.25) is 39.2 Å². The summed E-state index contributed by atoms with van der Waals surface area (Å²) in [5.41, 5.74) is 1.35. The zero-order chi connectivity index (χ0) is 38.7. The normalized spacial score (nSPS) is 28.2. The van der Waals surface area contributed by atoms with E-state index >= 15 is 0 Å². The molecule has 12 nitrogen and oxygen atoms in total. The maximum atomic E-state index is 13.6. The van der Waals surface area contributed by atoms with Crippen molar-refractivity contribution in [2.75, 3.05) is 43.0 Å².